The minimum atomic E-state index is -0.371. The van der Waals surface area contributed by atoms with Crippen LogP contribution in [0.5, 0.6) is 0 Å². The molecule has 2 aromatic rings. The number of hydrogen-bond donors (Lipinski definition) is 1. The quantitative estimate of drug-likeness (QED) is 0.866. The van der Waals surface area contributed by atoms with Crippen LogP contribution in [-0.4, -0.2) is 20.3 Å². The average molecular weight is 260 g/mol. The molecule has 0 atom stereocenters. The number of carbonyl (C=O) groups excluding carboxylic acids is 1. The zero-order valence-electron chi connectivity index (χ0n) is 11.2. The first kappa shape index (κ1) is 13.1. The summed E-state index contributed by atoms with van der Waals surface area (Å²) >= 11 is 0. The Kier molecular flexibility index (Phi) is 3.50. The largest absolute Gasteiger partial charge is 0.348 e. The molecule has 2 rings (SSSR count). The van der Waals surface area contributed by atoms with Crippen LogP contribution < -0.4 is 10.9 Å². The number of carbonyl (C=O) groups is 1. The van der Waals surface area contributed by atoms with E-state index in [1.807, 2.05) is 14.0 Å². The second kappa shape index (κ2) is 5.09. The molecule has 0 aliphatic heterocycles. The normalized spacial score (nSPS) is 10.5. The summed E-state index contributed by atoms with van der Waals surface area (Å²) in [5, 5.41) is 6.83. The van der Waals surface area contributed by atoms with Crippen molar-refractivity contribution in [1.82, 2.24) is 19.7 Å². The third-order valence-corrected chi connectivity index (χ3v) is 3.14. The fourth-order valence-electron chi connectivity index (χ4n) is 1.76. The number of pyridine rings is 1. The van der Waals surface area contributed by atoms with Crippen molar-refractivity contribution < 1.29 is 4.79 Å². The molecule has 0 aliphatic rings. The van der Waals surface area contributed by atoms with Gasteiger partial charge in [-0.2, -0.15) is 5.10 Å². The van der Waals surface area contributed by atoms with Gasteiger partial charge in [-0.15, -0.1) is 0 Å². The van der Waals surface area contributed by atoms with Gasteiger partial charge in [-0.1, -0.05) is 0 Å². The molecule has 0 saturated heterocycles. The van der Waals surface area contributed by atoms with Gasteiger partial charge in [0.2, 0.25) is 0 Å². The molecule has 6 heteroatoms. The maximum Gasteiger partial charge on any atom is 0.263 e. The number of amides is 1. The van der Waals surface area contributed by atoms with Crippen molar-refractivity contribution in [2.45, 2.75) is 13.5 Å². The Balaban J connectivity index is 2.12. The number of hydrogen-bond acceptors (Lipinski definition) is 3. The van der Waals surface area contributed by atoms with E-state index >= 15 is 0 Å². The monoisotopic (exact) mass is 260 g/mol. The average Bonchev–Trinajstić information content (AvgIpc) is 2.70. The predicted molar refractivity (Wildman–Crippen MR) is 70.8 cm³/mol. The number of nitrogens with zero attached hydrogens (tertiary/aromatic N) is 3. The molecular weight excluding hydrogens is 244 g/mol. The summed E-state index contributed by atoms with van der Waals surface area (Å²) in [7, 11) is 3.46. The van der Waals surface area contributed by atoms with Crippen LogP contribution in [0.4, 0.5) is 0 Å². The Morgan fingerprint density at radius 2 is 2.16 bits per heavy atom. The molecule has 0 fully saturated rings. The molecule has 0 aliphatic carbocycles. The van der Waals surface area contributed by atoms with Crippen LogP contribution in [-0.2, 0) is 20.6 Å². The Bertz CT molecular complexity index is 670. The molecule has 19 heavy (non-hydrogen) atoms. The van der Waals surface area contributed by atoms with Crippen molar-refractivity contribution in [3.05, 3.63) is 51.7 Å². The lowest BCUT2D eigenvalue weighted by atomic mass is 10.2. The van der Waals surface area contributed by atoms with Gasteiger partial charge in [0, 0.05) is 38.1 Å². The summed E-state index contributed by atoms with van der Waals surface area (Å²) in [4.78, 5) is 23.7. The van der Waals surface area contributed by atoms with Crippen LogP contribution in [0.25, 0.3) is 0 Å². The number of rotatable bonds is 3. The summed E-state index contributed by atoms with van der Waals surface area (Å²) < 4.78 is 3.12. The first-order valence-corrected chi connectivity index (χ1v) is 5.92. The van der Waals surface area contributed by atoms with Gasteiger partial charge in [0.05, 0.1) is 6.20 Å². The van der Waals surface area contributed by atoms with Crippen LogP contribution in [0.1, 0.15) is 21.6 Å². The standard InChI is InChI=1S/C13H16N4O2/c1-9-10(8-15-17(9)3)7-14-12(18)11-5-4-6-16(2)13(11)19/h4-6,8H,7H2,1-3H3,(H,14,18). The summed E-state index contributed by atoms with van der Waals surface area (Å²) in [5.74, 6) is -0.371. The molecule has 2 heterocycles. The molecular formula is C13H16N4O2. The molecule has 100 valence electrons. The Labute approximate surface area is 110 Å². The van der Waals surface area contributed by atoms with Gasteiger partial charge in [0.25, 0.3) is 11.5 Å². The molecule has 6 nitrogen and oxygen atoms in total. The van der Waals surface area contributed by atoms with Crippen LogP contribution in [0.3, 0.4) is 0 Å². The fourth-order valence-corrected chi connectivity index (χ4v) is 1.76. The first-order valence-electron chi connectivity index (χ1n) is 5.92. The van der Waals surface area contributed by atoms with Gasteiger partial charge in [-0.25, -0.2) is 0 Å². The lowest BCUT2D eigenvalue weighted by Gasteiger charge is -2.05. The number of nitrogens with one attached hydrogen (secondary N) is 1. The van der Waals surface area contributed by atoms with Crippen LogP contribution in [0.15, 0.2) is 29.3 Å². The highest BCUT2D eigenvalue weighted by atomic mass is 16.2. The van der Waals surface area contributed by atoms with Gasteiger partial charge in [0.15, 0.2) is 0 Å². The Hall–Kier alpha value is -2.37. The Morgan fingerprint density at radius 1 is 1.42 bits per heavy atom. The minimum Gasteiger partial charge on any atom is -0.348 e. The van der Waals surface area contributed by atoms with E-state index in [4.69, 9.17) is 0 Å². The topological polar surface area (TPSA) is 68.9 Å². The summed E-state index contributed by atoms with van der Waals surface area (Å²) in [5.41, 5.74) is 1.76. The highest BCUT2D eigenvalue weighted by molar-refractivity contribution is 5.93. The van der Waals surface area contributed by atoms with Gasteiger partial charge in [0.1, 0.15) is 5.56 Å². The van der Waals surface area contributed by atoms with E-state index in [1.54, 1.807) is 30.2 Å². The molecule has 0 aromatic carbocycles. The van der Waals surface area contributed by atoms with E-state index in [9.17, 15) is 9.59 Å². The van der Waals surface area contributed by atoms with Crippen molar-refractivity contribution in [3.63, 3.8) is 0 Å². The van der Waals surface area contributed by atoms with Crippen LogP contribution in [0, 0.1) is 6.92 Å². The highest BCUT2D eigenvalue weighted by Gasteiger charge is 2.11. The van der Waals surface area contributed by atoms with Crippen LogP contribution >= 0.6 is 0 Å². The van der Waals surface area contributed by atoms with E-state index in [0.717, 1.165) is 11.3 Å². The minimum absolute atomic E-state index is 0.145. The second-order valence-corrected chi connectivity index (χ2v) is 4.40. The van der Waals surface area contributed by atoms with E-state index in [-0.39, 0.29) is 17.0 Å². The molecule has 0 saturated carbocycles. The molecule has 0 unspecified atom stereocenters. The number of aromatic nitrogens is 3. The SMILES string of the molecule is Cc1c(CNC(=O)c2cccn(C)c2=O)cnn1C. The molecule has 1 N–H and O–H groups in total. The van der Waals surface area contributed by atoms with Crippen molar-refractivity contribution in [3.8, 4) is 0 Å². The van der Waals surface area contributed by atoms with Gasteiger partial charge >= 0.3 is 0 Å². The van der Waals surface area contributed by atoms with Gasteiger partial charge < -0.3 is 9.88 Å². The maximum absolute atomic E-state index is 12.0. The zero-order chi connectivity index (χ0) is 14.0. The highest BCUT2D eigenvalue weighted by Crippen LogP contribution is 2.05. The van der Waals surface area contributed by atoms with Crippen molar-refractivity contribution >= 4 is 5.91 Å². The summed E-state index contributed by atoms with van der Waals surface area (Å²) in [6.45, 7) is 2.28. The van der Waals surface area contributed by atoms with E-state index < -0.39 is 0 Å². The van der Waals surface area contributed by atoms with E-state index in [2.05, 4.69) is 10.4 Å². The molecule has 0 radical (unpaired) electrons. The molecule has 0 spiro atoms. The molecule has 2 aromatic heterocycles. The first-order chi connectivity index (χ1) is 9.00. The zero-order valence-corrected chi connectivity index (χ0v) is 11.2. The third-order valence-electron chi connectivity index (χ3n) is 3.14. The smallest absolute Gasteiger partial charge is 0.263 e. The van der Waals surface area contributed by atoms with Crippen molar-refractivity contribution in [2.75, 3.05) is 0 Å². The summed E-state index contributed by atoms with van der Waals surface area (Å²) in [6.07, 6.45) is 3.32. The van der Waals surface area contributed by atoms with Gasteiger partial charge in [-0.3, -0.25) is 14.3 Å². The summed E-state index contributed by atoms with van der Waals surface area (Å²) in [6, 6.07) is 3.19. The molecule has 0 bridgehead atoms. The lowest BCUT2D eigenvalue weighted by Crippen LogP contribution is -2.31. The maximum atomic E-state index is 12.0. The lowest BCUT2D eigenvalue weighted by molar-refractivity contribution is 0.0949. The number of aryl methyl sites for hydroxylation is 2. The van der Waals surface area contributed by atoms with E-state index in [0.29, 0.717) is 6.54 Å². The molecule has 1 amide bonds. The van der Waals surface area contributed by atoms with Crippen LogP contribution in [0.2, 0.25) is 0 Å². The van der Waals surface area contributed by atoms with E-state index in [1.165, 1.54) is 10.6 Å². The second-order valence-electron chi connectivity index (χ2n) is 4.40. The van der Waals surface area contributed by atoms with Crippen molar-refractivity contribution in [2.24, 2.45) is 14.1 Å². The third kappa shape index (κ3) is 2.57. The fraction of sp³-hybridized carbons (Fsp3) is 0.308. The predicted octanol–water partition coefficient (Wildman–Crippen LogP) is 0.357. The van der Waals surface area contributed by atoms with Crippen molar-refractivity contribution in [1.29, 1.82) is 0 Å². The van der Waals surface area contributed by atoms with Gasteiger partial charge in [-0.05, 0) is 19.1 Å². The Morgan fingerprint density at radius 3 is 2.79 bits per heavy atom.